The molecule has 0 aliphatic carbocycles. The summed E-state index contributed by atoms with van der Waals surface area (Å²) in [5.41, 5.74) is 6.75. The van der Waals surface area contributed by atoms with Gasteiger partial charge >= 0.3 is 0 Å². The third kappa shape index (κ3) is 5.21. The number of benzene rings is 2. The molecule has 1 atom stereocenters. The Morgan fingerprint density at radius 2 is 2.04 bits per heavy atom. The van der Waals surface area contributed by atoms with Crippen LogP contribution < -0.4 is 10.5 Å². The number of nitrogens with two attached hydrogens (primary N) is 1. The van der Waals surface area contributed by atoms with Gasteiger partial charge < -0.3 is 15.0 Å². The molecule has 0 aliphatic heterocycles. The molecule has 140 valence electrons. The van der Waals surface area contributed by atoms with Gasteiger partial charge in [0, 0.05) is 17.4 Å². The lowest BCUT2D eigenvalue weighted by Crippen LogP contribution is -2.23. The van der Waals surface area contributed by atoms with Crippen LogP contribution in [0.1, 0.15) is 12.0 Å². The van der Waals surface area contributed by atoms with Crippen molar-refractivity contribution >= 4 is 23.0 Å². The van der Waals surface area contributed by atoms with Crippen LogP contribution in [0, 0.1) is 10.1 Å². The van der Waals surface area contributed by atoms with Crippen molar-refractivity contribution in [2.24, 2.45) is 0 Å². The lowest BCUT2D eigenvalue weighted by atomic mass is 10.1. The number of aryl methyl sites for hydroxylation is 1. The molecule has 0 spiro atoms. The second-order valence-electron chi connectivity index (χ2n) is 6.14. The molecule has 27 heavy (non-hydrogen) atoms. The van der Waals surface area contributed by atoms with Gasteiger partial charge in [0.2, 0.25) is 0 Å². The lowest BCUT2D eigenvalue weighted by Gasteiger charge is -2.20. The molecule has 2 aromatic carbocycles. The predicted octanol–water partition coefficient (Wildman–Crippen LogP) is 4.11. The summed E-state index contributed by atoms with van der Waals surface area (Å²) in [5, 5.41) is 11.8. The molecule has 0 bridgehead atoms. The zero-order valence-electron chi connectivity index (χ0n) is 14.5. The highest BCUT2D eigenvalue weighted by Crippen LogP contribution is 2.28. The van der Waals surface area contributed by atoms with Gasteiger partial charge in [0.15, 0.2) is 0 Å². The van der Waals surface area contributed by atoms with E-state index in [4.69, 9.17) is 22.1 Å². The van der Waals surface area contributed by atoms with Crippen molar-refractivity contribution in [1.82, 2.24) is 9.55 Å². The van der Waals surface area contributed by atoms with Crippen LogP contribution >= 0.6 is 11.6 Å². The van der Waals surface area contributed by atoms with E-state index in [2.05, 4.69) is 4.98 Å². The molecule has 3 aromatic rings. The fraction of sp³-hybridized carbons (Fsp3) is 0.211. The Hall–Kier alpha value is -3.06. The van der Waals surface area contributed by atoms with Crippen LogP contribution in [0.3, 0.4) is 0 Å². The van der Waals surface area contributed by atoms with Crippen LogP contribution in [0.4, 0.5) is 11.4 Å². The Bertz CT molecular complexity index is 898. The molecule has 0 aliphatic rings. The number of nitrogens with zero attached hydrogens (tertiary/aromatic N) is 3. The van der Waals surface area contributed by atoms with Crippen molar-refractivity contribution in [3.63, 3.8) is 0 Å². The number of nitro groups is 1. The number of imidazole rings is 1. The molecule has 8 heteroatoms. The number of rotatable bonds is 8. The number of ether oxygens (including phenoxy) is 1. The first-order chi connectivity index (χ1) is 13.0. The summed E-state index contributed by atoms with van der Waals surface area (Å²) in [6, 6.07) is 12.2. The molecule has 2 N–H and O–H groups in total. The van der Waals surface area contributed by atoms with Gasteiger partial charge in [-0.25, -0.2) is 4.98 Å². The van der Waals surface area contributed by atoms with Gasteiger partial charge in [-0.15, -0.1) is 0 Å². The zero-order valence-corrected chi connectivity index (χ0v) is 15.2. The Kier molecular flexibility index (Phi) is 5.93. The molecular weight excluding hydrogens is 368 g/mol. The highest BCUT2D eigenvalue weighted by Gasteiger charge is 2.17. The molecule has 0 radical (unpaired) electrons. The van der Waals surface area contributed by atoms with Gasteiger partial charge in [-0.1, -0.05) is 23.7 Å². The van der Waals surface area contributed by atoms with E-state index in [0.29, 0.717) is 17.3 Å². The maximum atomic E-state index is 11.1. The summed E-state index contributed by atoms with van der Waals surface area (Å²) in [6.07, 6.45) is 6.57. The number of halogens is 1. The van der Waals surface area contributed by atoms with Crippen LogP contribution in [0.2, 0.25) is 5.02 Å². The average Bonchev–Trinajstić information content (AvgIpc) is 3.15. The minimum absolute atomic E-state index is 0.111. The van der Waals surface area contributed by atoms with E-state index in [0.717, 1.165) is 18.4 Å². The van der Waals surface area contributed by atoms with E-state index < -0.39 is 4.92 Å². The normalized spacial score (nSPS) is 11.9. The number of nitro benzene ring substituents is 1. The van der Waals surface area contributed by atoms with Crippen molar-refractivity contribution in [1.29, 1.82) is 0 Å². The third-order valence-electron chi connectivity index (χ3n) is 4.14. The van der Waals surface area contributed by atoms with Gasteiger partial charge in [0.1, 0.15) is 17.5 Å². The van der Waals surface area contributed by atoms with E-state index in [9.17, 15) is 10.1 Å². The van der Waals surface area contributed by atoms with Crippen LogP contribution in [-0.2, 0) is 13.0 Å². The molecule has 7 nitrogen and oxygen atoms in total. The molecular formula is C19H19ClN4O3. The molecule has 0 saturated heterocycles. The third-order valence-corrected chi connectivity index (χ3v) is 4.40. The van der Waals surface area contributed by atoms with Crippen LogP contribution in [-0.4, -0.2) is 20.6 Å². The van der Waals surface area contributed by atoms with Gasteiger partial charge in [-0.2, -0.15) is 0 Å². The quantitative estimate of drug-likeness (QED) is 0.357. The first kappa shape index (κ1) is 18.7. The summed E-state index contributed by atoms with van der Waals surface area (Å²) < 4.78 is 7.96. The zero-order chi connectivity index (χ0) is 19.2. The van der Waals surface area contributed by atoms with Crippen molar-refractivity contribution in [3.05, 3.63) is 81.9 Å². The number of hydrogen-bond donors (Lipinski definition) is 1. The number of aromatic nitrogens is 2. The molecule has 1 heterocycles. The smallest absolute Gasteiger partial charge is 0.295 e. The van der Waals surface area contributed by atoms with E-state index in [1.165, 1.54) is 12.1 Å². The van der Waals surface area contributed by atoms with Crippen molar-refractivity contribution < 1.29 is 9.66 Å². The van der Waals surface area contributed by atoms with Crippen LogP contribution in [0.15, 0.2) is 61.2 Å². The van der Waals surface area contributed by atoms with Gasteiger partial charge in [0.25, 0.3) is 5.69 Å². The SMILES string of the molecule is Nc1ccc(OC(CCc2ccc(Cl)cc2)Cn2ccnc2)cc1[N+](=O)[O-]. The molecule has 3 rings (SSSR count). The van der Waals surface area contributed by atoms with Crippen molar-refractivity contribution in [2.45, 2.75) is 25.5 Å². The van der Waals surface area contributed by atoms with E-state index in [1.807, 2.05) is 35.0 Å². The van der Waals surface area contributed by atoms with Crippen molar-refractivity contribution in [2.75, 3.05) is 5.73 Å². The maximum absolute atomic E-state index is 11.1. The highest BCUT2D eigenvalue weighted by atomic mass is 35.5. The van der Waals surface area contributed by atoms with Crippen LogP contribution in [0.25, 0.3) is 0 Å². The molecule has 0 amide bonds. The molecule has 0 fully saturated rings. The van der Waals surface area contributed by atoms with Gasteiger partial charge in [-0.05, 0) is 42.7 Å². The molecule has 0 saturated carbocycles. The van der Waals surface area contributed by atoms with E-state index >= 15 is 0 Å². The van der Waals surface area contributed by atoms with Crippen molar-refractivity contribution in [3.8, 4) is 5.75 Å². The summed E-state index contributed by atoms with van der Waals surface area (Å²) in [7, 11) is 0. The van der Waals surface area contributed by atoms with Gasteiger partial charge in [-0.3, -0.25) is 10.1 Å². The summed E-state index contributed by atoms with van der Waals surface area (Å²) in [4.78, 5) is 14.6. The largest absolute Gasteiger partial charge is 0.488 e. The number of hydrogen-bond acceptors (Lipinski definition) is 5. The topological polar surface area (TPSA) is 96.2 Å². The fourth-order valence-electron chi connectivity index (χ4n) is 2.74. The first-order valence-corrected chi connectivity index (χ1v) is 8.80. The average molecular weight is 387 g/mol. The molecule has 1 aromatic heterocycles. The Morgan fingerprint density at radius 3 is 2.70 bits per heavy atom. The number of anilines is 1. The highest BCUT2D eigenvalue weighted by molar-refractivity contribution is 6.30. The Labute approximate surface area is 161 Å². The van der Waals surface area contributed by atoms with E-state index in [1.54, 1.807) is 18.6 Å². The van der Waals surface area contributed by atoms with Crippen LogP contribution in [0.5, 0.6) is 5.75 Å². The van der Waals surface area contributed by atoms with E-state index in [-0.39, 0.29) is 17.5 Å². The Balaban J connectivity index is 1.74. The summed E-state index contributed by atoms with van der Waals surface area (Å²) in [6.45, 7) is 0.575. The monoisotopic (exact) mass is 386 g/mol. The number of nitrogen functional groups attached to an aromatic ring is 1. The minimum Gasteiger partial charge on any atom is -0.488 e. The van der Waals surface area contributed by atoms with Gasteiger partial charge in [0.05, 0.1) is 23.9 Å². The summed E-state index contributed by atoms with van der Waals surface area (Å²) in [5.74, 6) is 0.414. The Morgan fingerprint density at radius 1 is 1.26 bits per heavy atom. The lowest BCUT2D eigenvalue weighted by molar-refractivity contribution is -0.384. The second kappa shape index (κ2) is 8.55. The second-order valence-corrected chi connectivity index (χ2v) is 6.58. The minimum atomic E-state index is -0.513. The predicted molar refractivity (Wildman–Crippen MR) is 104 cm³/mol. The molecule has 1 unspecified atom stereocenters. The first-order valence-electron chi connectivity index (χ1n) is 8.42. The standard InChI is InChI=1S/C19H19ClN4O3/c20-15-4-1-14(2-5-15)3-6-17(12-23-10-9-22-13-23)27-16-7-8-18(21)19(11-16)24(25)26/h1-2,4-5,7-11,13,17H,3,6,12,21H2. The summed E-state index contributed by atoms with van der Waals surface area (Å²) >= 11 is 5.93. The maximum Gasteiger partial charge on any atom is 0.295 e. The fourth-order valence-corrected chi connectivity index (χ4v) is 2.87.